The second kappa shape index (κ2) is 5.70. The van der Waals surface area contributed by atoms with E-state index in [9.17, 15) is 13.5 Å². The molecule has 0 aliphatic rings. The van der Waals surface area contributed by atoms with Crippen molar-refractivity contribution in [1.29, 1.82) is 0 Å². The van der Waals surface area contributed by atoms with Crippen molar-refractivity contribution in [1.82, 2.24) is 4.72 Å². The van der Waals surface area contributed by atoms with E-state index in [0.717, 1.165) is 0 Å². The van der Waals surface area contributed by atoms with Gasteiger partial charge in [0.1, 0.15) is 10.6 Å². The van der Waals surface area contributed by atoms with Crippen LogP contribution in [0.25, 0.3) is 0 Å². The lowest BCUT2D eigenvalue weighted by atomic mass is 10.2. The number of rotatable bonds is 4. The Kier molecular flexibility index (Phi) is 4.17. The van der Waals surface area contributed by atoms with Crippen LogP contribution in [-0.2, 0) is 16.6 Å². The van der Waals surface area contributed by atoms with E-state index < -0.39 is 10.0 Å². The van der Waals surface area contributed by atoms with E-state index in [0.29, 0.717) is 11.3 Å². The summed E-state index contributed by atoms with van der Waals surface area (Å²) >= 11 is 5.86. The maximum absolute atomic E-state index is 12.1. The van der Waals surface area contributed by atoms with E-state index in [1.54, 1.807) is 12.1 Å². The van der Waals surface area contributed by atoms with Crippen molar-refractivity contribution >= 4 is 27.3 Å². The average molecular weight is 313 g/mol. The van der Waals surface area contributed by atoms with Gasteiger partial charge in [-0.25, -0.2) is 13.1 Å². The molecule has 0 amide bonds. The molecular weight excluding hydrogens is 300 g/mol. The van der Waals surface area contributed by atoms with Gasteiger partial charge in [-0.1, -0.05) is 23.7 Å². The first-order valence-corrected chi connectivity index (χ1v) is 7.58. The largest absolute Gasteiger partial charge is 0.508 e. The summed E-state index contributed by atoms with van der Waals surface area (Å²) in [5, 5.41) is 9.78. The van der Waals surface area contributed by atoms with Crippen molar-refractivity contribution in [2.45, 2.75) is 11.4 Å². The Bertz CT molecular complexity index is 732. The first-order chi connectivity index (χ1) is 9.40. The van der Waals surface area contributed by atoms with Crippen molar-refractivity contribution in [2.75, 3.05) is 5.73 Å². The molecule has 0 saturated heterocycles. The van der Waals surface area contributed by atoms with Crippen LogP contribution in [-0.4, -0.2) is 13.5 Å². The van der Waals surface area contributed by atoms with Crippen LogP contribution in [0.1, 0.15) is 5.56 Å². The number of benzene rings is 2. The number of nitrogen functional groups attached to an aromatic ring is 1. The Hall–Kier alpha value is -1.76. The molecule has 0 aromatic heterocycles. The topological polar surface area (TPSA) is 92.4 Å². The lowest BCUT2D eigenvalue weighted by molar-refractivity contribution is 0.467. The average Bonchev–Trinajstić information content (AvgIpc) is 2.40. The zero-order valence-electron chi connectivity index (χ0n) is 10.4. The van der Waals surface area contributed by atoms with Gasteiger partial charge < -0.3 is 10.8 Å². The second-order valence-corrected chi connectivity index (χ2v) is 6.29. The van der Waals surface area contributed by atoms with Gasteiger partial charge in [-0.05, 0) is 30.3 Å². The van der Waals surface area contributed by atoms with Gasteiger partial charge in [0, 0.05) is 17.8 Å². The Balaban J connectivity index is 2.22. The summed E-state index contributed by atoms with van der Waals surface area (Å²) in [4.78, 5) is -0.00920. The molecule has 2 aromatic rings. The summed E-state index contributed by atoms with van der Waals surface area (Å²) in [5.74, 6) is -0.0268. The lowest BCUT2D eigenvalue weighted by Crippen LogP contribution is -2.23. The molecule has 4 N–H and O–H groups in total. The predicted octanol–water partition coefficient (Wildman–Crippen LogP) is 2.11. The van der Waals surface area contributed by atoms with E-state index in [1.165, 1.54) is 30.3 Å². The fraction of sp³-hybridized carbons (Fsp3) is 0.0769. The molecule has 7 heteroatoms. The molecule has 2 rings (SSSR count). The summed E-state index contributed by atoms with van der Waals surface area (Å²) in [7, 11) is -3.75. The maximum atomic E-state index is 12.1. The van der Waals surface area contributed by atoms with Gasteiger partial charge >= 0.3 is 0 Å². The number of sulfonamides is 1. The highest BCUT2D eigenvalue weighted by Crippen LogP contribution is 2.23. The number of aromatic hydroxyl groups is 1. The highest BCUT2D eigenvalue weighted by Gasteiger charge is 2.17. The minimum absolute atomic E-state index is 0.00920. The summed E-state index contributed by atoms with van der Waals surface area (Å²) < 4.78 is 26.6. The number of anilines is 1. The Morgan fingerprint density at radius 3 is 2.60 bits per heavy atom. The SMILES string of the molecule is Nc1ccc(O)c(CNS(=O)(=O)c2ccccc2Cl)c1. The first-order valence-electron chi connectivity index (χ1n) is 5.72. The summed E-state index contributed by atoms with van der Waals surface area (Å²) in [5.41, 5.74) is 6.42. The van der Waals surface area contributed by atoms with Crippen LogP contribution in [0.5, 0.6) is 5.75 Å². The zero-order chi connectivity index (χ0) is 14.8. The van der Waals surface area contributed by atoms with Crippen molar-refractivity contribution in [2.24, 2.45) is 0 Å². The predicted molar refractivity (Wildman–Crippen MR) is 78.0 cm³/mol. The summed E-state index contributed by atoms with van der Waals surface area (Å²) in [6, 6.07) is 10.6. The van der Waals surface area contributed by atoms with Crippen LogP contribution in [0, 0.1) is 0 Å². The van der Waals surface area contributed by atoms with Gasteiger partial charge in [-0.2, -0.15) is 0 Å². The smallest absolute Gasteiger partial charge is 0.242 e. The molecule has 0 fully saturated rings. The molecule has 0 saturated carbocycles. The molecule has 2 aromatic carbocycles. The fourth-order valence-corrected chi connectivity index (χ4v) is 3.18. The maximum Gasteiger partial charge on any atom is 0.242 e. The monoisotopic (exact) mass is 312 g/mol. The third-order valence-corrected chi connectivity index (χ3v) is 4.58. The van der Waals surface area contributed by atoms with E-state index in [1.807, 2.05) is 0 Å². The molecule has 0 bridgehead atoms. The van der Waals surface area contributed by atoms with Crippen LogP contribution in [0.2, 0.25) is 5.02 Å². The number of halogens is 1. The minimum atomic E-state index is -3.75. The molecule has 0 aliphatic heterocycles. The third-order valence-electron chi connectivity index (χ3n) is 2.68. The highest BCUT2D eigenvalue weighted by molar-refractivity contribution is 7.89. The quantitative estimate of drug-likeness (QED) is 0.595. The number of phenols is 1. The number of phenolic OH excluding ortho intramolecular Hbond substituents is 1. The van der Waals surface area contributed by atoms with Gasteiger partial charge in [-0.3, -0.25) is 0 Å². The normalized spacial score (nSPS) is 11.4. The van der Waals surface area contributed by atoms with Gasteiger partial charge in [-0.15, -0.1) is 0 Å². The second-order valence-electron chi connectivity index (χ2n) is 4.14. The van der Waals surface area contributed by atoms with Gasteiger partial charge in [0.05, 0.1) is 5.02 Å². The van der Waals surface area contributed by atoms with E-state index in [-0.39, 0.29) is 22.2 Å². The van der Waals surface area contributed by atoms with Crippen LogP contribution in [0.4, 0.5) is 5.69 Å². The Morgan fingerprint density at radius 1 is 1.20 bits per heavy atom. The third kappa shape index (κ3) is 3.22. The highest BCUT2D eigenvalue weighted by atomic mass is 35.5. The van der Waals surface area contributed by atoms with E-state index >= 15 is 0 Å². The van der Waals surface area contributed by atoms with Gasteiger partial charge in [0.15, 0.2) is 0 Å². The van der Waals surface area contributed by atoms with Crippen LogP contribution in [0.3, 0.4) is 0 Å². The number of hydrogen-bond acceptors (Lipinski definition) is 4. The van der Waals surface area contributed by atoms with Crippen molar-refractivity contribution in [3.05, 3.63) is 53.1 Å². The minimum Gasteiger partial charge on any atom is -0.508 e. The summed E-state index contributed by atoms with van der Waals surface area (Å²) in [6.45, 7) is -0.0789. The molecule has 20 heavy (non-hydrogen) atoms. The Morgan fingerprint density at radius 2 is 1.90 bits per heavy atom. The molecule has 0 unspecified atom stereocenters. The van der Waals surface area contributed by atoms with Crippen molar-refractivity contribution < 1.29 is 13.5 Å². The number of hydrogen-bond donors (Lipinski definition) is 3. The number of nitrogens with one attached hydrogen (secondary N) is 1. The Labute approximate surface area is 122 Å². The number of nitrogens with two attached hydrogens (primary N) is 1. The molecule has 0 radical (unpaired) electrons. The molecule has 5 nitrogen and oxygen atoms in total. The van der Waals surface area contributed by atoms with Gasteiger partial charge in [0.25, 0.3) is 0 Å². The molecule has 0 atom stereocenters. The van der Waals surface area contributed by atoms with Crippen LogP contribution < -0.4 is 10.5 Å². The zero-order valence-corrected chi connectivity index (χ0v) is 11.9. The lowest BCUT2D eigenvalue weighted by Gasteiger charge is -2.09. The van der Waals surface area contributed by atoms with E-state index in [4.69, 9.17) is 17.3 Å². The molecule has 0 aliphatic carbocycles. The van der Waals surface area contributed by atoms with Crippen LogP contribution >= 0.6 is 11.6 Å². The van der Waals surface area contributed by atoms with Gasteiger partial charge in [0.2, 0.25) is 10.0 Å². The van der Waals surface area contributed by atoms with Crippen molar-refractivity contribution in [3.63, 3.8) is 0 Å². The molecule has 106 valence electrons. The first kappa shape index (κ1) is 14.6. The van der Waals surface area contributed by atoms with Crippen LogP contribution in [0.15, 0.2) is 47.4 Å². The molecule has 0 heterocycles. The van der Waals surface area contributed by atoms with Crippen molar-refractivity contribution in [3.8, 4) is 5.75 Å². The standard InChI is InChI=1S/C13H13ClN2O3S/c14-11-3-1-2-4-13(11)20(18,19)16-8-9-7-10(15)5-6-12(9)17/h1-7,16-17H,8,15H2. The molecule has 0 spiro atoms. The molecular formula is C13H13ClN2O3S. The summed E-state index contributed by atoms with van der Waals surface area (Å²) in [6.07, 6.45) is 0. The fourth-order valence-electron chi connectivity index (χ4n) is 1.66. The van der Waals surface area contributed by atoms with E-state index in [2.05, 4.69) is 4.72 Å².